The topological polar surface area (TPSA) is 162 Å². The maximum atomic E-state index is 13.4. The van der Waals surface area contributed by atoms with Gasteiger partial charge in [0.15, 0.2) is 0 Å². The van der Waals surface area contributed by atoms with E-state index < -0.39 is 41.6 Å². The van der Waals surface area contributed by atoms with Crippen molar-refractivity contribution < 1.29 is 38.3 Å². The van der Waals surface area contributed by atoms with Crippen LogP contribution in [0.4, 0.5) is 4.79 Å². The van der Waals surface area contributed by atoms with Crippen molar-refractivity contribution in [3.63, 3.8) is 0 Å². The van der Waals surface area contributed by atoms with Gasteiger partial charge in [0.05, 0.1) is 19.7 Å². The molecule has 0 spiro atoms. The molecule has 5 amide bonds. The summed E-state index contributed by atoms with van der Waals surface area (Å²) in [5.41, 5.74) is 2.30. The molecule has 0 saturated carbocycles. The SMILES string of the molecule is COc1ccc(C(=O)C(=O)NN2CCC(=O)N3CCC[C@@H](C(=O)N[C@H](C=O)CC(C)=O)N3C2=O)cc1. The molecule has 192 valence electrons. The zero-order valence-corrected chi connectivity index (χ0v) is 19.9. The second-order valence-corrected chi connectivity index (χ2v) is 8.36. The van der Waals surface area contributed by atoms with Crippen LogP contribution in [0.2, 0.25) is 0 Å². The van der Waals surface area contributed by atoms with Gasteiger partial charge in [-0.2, -0.15) is 0 Å². The van der Waals surface area contributed by atoms with E-state index in [2.05, 4.69) is 10.7 Å². The van der Waals surface area contributed by atoms with E-state index in [1.54, 1.807) is 0 Å². The van der Waals surface area contributed by atoms with Gasteiger partial charge < -0.3 is 14.8 Å². The van der Waals surface area contributed by atoms with E-state index in [0.29, 0.717) is 18.5 Å². The summed E-state index contributed by atoms with van der Waals surface area (Å²) >= 11 is 0. The molecule has 2 atom stereocenters. The summed E-state index contributed by atoms with van der Waals surface area (Å²) in [6, 6.07) is 2.66. The third-order valence-corrected chi connectivity index (χ3v) is 5.76. The number of carbonyl (C=O) groups is 7. The minimum atomic E-state index is -1.17. The number of carbonyl (C=O) groups excluding carboxylic acids is 7. The quantitative estimate of drug-likeness (QED) is 0.262. The van der Waals surface area contributed by atoms with Crippen molar-refractivity contribution in [1.29, 1.82) is 0 Å². The number of fused-ring (bicyclic) bond motifs is 1. The van der Waals surface area contributed by atoms with Gasteiger partial charge in [-0.3, -0.25) is 29.4 Å². The minimum absolute atomic E-state index is 0.0638. The lowest BCUT2D eigenvalue weighted by Gasteiger charge is -2.42. The van der Waals surface area contributed by atoms with E-state index in [0.717, 1.165) is 15.0 Å². The zero-order chi connectivity index (χ0) is 26.4. The predicted molar refractivity (Wildman–Crippen MR) is 122 cm³/mol. The molecule has 2 heterocycles. The number of amides is 5. The molecule has 1 aromatic rings. The van der Waals surface area contributed by atoms with Crippen molar-refractivity contribution in [2.75, 3.05) is 20.2 Å². The van der Waals surface area contributed by atoms with Crippen LogP contribution in [0.25, 0.3) is 0 Å². The summed E-state index contributed by atoms with van der Waals surface area (Å²) in [7, 11) is 1.45. The summed E-state index contributed by atoms with van der Waals surface area (Å²) in [5.74, 6) is -3.01. The smallest absolute Gasteiger partial charge is 0.358 e. The molecular formula is C23H27N5O8. The van der Waals surface area contributed by atoms with Crippen molar-refractivity contribution >= 4 is 41.6 Å². The fraction of sp³-hybridized carbons (Fsp3) is 0.435. The van der Waals surface area contributed by atoms with Gasteiger partial charge in [0, 0.05) is 24.9 Å². The molecular weight excluding hydrogens is 474 g/mol. The van der Waals surface area contributed by atoms with Gasteiger partial charge in [0.2, 0.25) is 11.8 Å². The van der Waals surface area contributed by atoms with Crippen molar-refractivity contribution in [2.45, 2.75) is 44.7 Å². The van der Waals surface area contributed by atoms with Crippen LogP contribution in [0.3, 0.4) is 0 Å². The molecule has 0 unspecified atom stereocenters. The fourth-order valence-electron chi connectivity index (χ4n) is 3.98. The maximum Gasteiger partial charge on any atom is 0.358 e. The Morgan fingerprint density at radius 1 is 1.14 bits per heavy atom. The number of urea groups is 1. The number of Topliss-reactive ketones (excluding diaryl/α,β-unsaturated/α-hetero) is 2. The minimum Gasteiger partial charge on any atom is -0.497 e. The normalized spacial score (nSPS) is 18.5. The lowest BCUT2D eigenvalue weighted by atomic mass is 10.1. The Hall–Kier alpha value is -4.29. The van der Waals surface area contributed by atoms with Gasteiger partial charge >= 0.3 is 11.9 Å². The Balaban J connectivity index is 1.78. The van der Waals surface area contributed by atoms with Gasteiger partial charge in [-0.15, -0.1) is 0 Å². The molecule has 2 aliphatic rings. The summed E-state index contributed by atoms with van der Waals surface area (Å²) < 4.78 is 5.02. The number of ether oxygens (including phenoxy) is 1. The van der Waals surface area contributed by atoms with Crippen molar-refractivity contribution in [3.8, 4) is 5.75 Å². The van der Waals surface area contributed by atoms with Crippen LogP contribution in [0, 0.1) is 0 Å². The summed E-state index contributed by atoms with van der Waals surface area (Å²) in [4.78, 5) is 86.9. The Morgan fingerprint density at radius 3 is 2.44 bits per heavy atom. The molecule has 2 N–H and O–H groups in total. The Bertz CT molecular complexity index is 1070. The van der Waals surface area contributed by atoms with Crippen LogP contribution < -0.4 is 15.5 Å². The summed E-state index contributed by atoms with van der Waals surface area (Å²) in [5, 5.41) is 5.32. The van der Waals surface area contributed by atoms with Gasteiger partial charge in [0.25, 0.3) is 5.78 Å². The van der Waals surface area contributed by atoms with Gasteiger partial charge in [-0.25, -0.2) is 19.8 Å². The Kier molecular flexibility index (Phi) is 8.35. The molecule has 2 aliphatic heterocycles. The lowest BCUT2D eigenvalue weighted by Crippen LogP contribution is -2.65. The van der Waals surface area contributed by atoms with E-state index in [9.17, 15) is 33.6 Å². The highest BCUT2D eigenvalue weighted by atomic mass is 16.5. The average molecular weight is 501 g/mol. The third kappa shape index (κ3) is 5.85. The number of nitrogens with zero attached hydrogens (tertiary/aromatic N) is 3. The first-order valence-corrected chi connectivity index (χ1v) is 11.3. The number of nitrogens with one attached hydrogen (secondary N) is 2. The van der Waals surface area contributed by atoms with Crippen LogP contribution >= 0.6 is 0 Å². The number of ketones is 2. The summed E-state index contributed by atoms with van der Waals surface area (Å²) in [6.07, 6.45) is 0.643. The Labute approximate surface area is 206 Å². The molecule has 3 rings (SSSR count). The molecule has 13 heteroatoms. The molecule has 0 radical (unpaired) electrons. The largest absolute Gasteiger partial charge is 0.497 e. The second-order valence-electron chi connectivity index (χ2n) is 8.36. The molecule has 1 aromatic carbocycles. The highest BCUT2D eigenvalue weighted by molar-refractivity contribution is 6.42. The zero-order valence-electron chi connectivity index (χ0n) is 19.9. The highest BCUT2D eigenvalue weighted by Crippen LogP contribution is 2.24. The monoisotopic (exact) mass is 501 g/mol. The van der Waals surface area contributed by atoms with E-state index >= 15 is 0 Å². The number of aldehydes is 1. The average Bonchev–Trinajstić information content (AvgIpc) is 2.99. The van der Waals surface area contributed by atoms with Crippen molar-refractivity contribution in [3.05, 3.63) is 29.8 Å². The maximum absolute atomic E-state index is 13.4. The van der Waals surface area contributed by atoms with Crippen LogP contribution in [-0.4, -0.2) is 88.9 Å². The molecule has 13 nitrogen and oxygen atoms in total. The lowest BCUT2D eigenvalue weighted by molar-refractivity contribution is -0.155. The molecule has 36 heavy (non-hydrogen) atoms. The van der Waals surface area contributed by atoms with E-state index in [1.165, 1.54) is 38.3 Å². The number of hydrogen-bond acceptors (Lipinski definition) is 8. The Morgan fingerprint density at radius 2 is 1.83 bits per heavy atom. The van der Waals surface area contributed by atoms with Crippen molar-refractivity contribution in [1.82, 2.24) is 25.8 Å². The standard InChI is InChI=1S/C23H27N5O8/c1-14(30)12-16(13-29)24-21(33)18-4-3-10-27-19(31)9-11-26(23(35)28(18)27)25-22(34)20(32)15-5-7-17(36-2)8-6-15/h5-8,13,16,18H,3-4,9-12H2,1-2H3,(H,24,33)(H,25,34)/t16-,18-/m0/s1. The first kappa shape index (κ1) is 26.3. The molecule has 2 fully saturated rings. The van der Waals surface area contributed by atoms with Gasteiger partial charge in [-0.1, -0.05) is 0 Å². The van der Waals surface area contributed by atoms with Gasteiger partial charge in [0.1, 0.15) is 23.9 Å². The van der Waals surface area contributed by atoms with Gasteiger partial charge in [-0.05, 0) is 44.0 Å². The highest BCUT2D eigenvalue weighted by Gasteiger charge is 2.44. The molecule has 0 bridgehead atoms. The van der Waals surface area contributed by atoms with E-state index in [4.69, 9.17) is 4.74 Å². The van der Waals surface area contributed by atoms with Crippen LogP contribution in [-0.2, 0) is 24.0 Å². The van der Waals surface area contributed by atoms with Crippen molar-refractivity contribution in [2.24, 2.45) is 0 Å². The number of methoxy groups -OCH3 is 1. The van der Waals surface area contributed by atoms with E-state index in [1.807, 2.05) is 0 Å². The first-order valence-electron chi connectivity index (χ1n) is 11.3. The first-order chi connectivity index (χ1) is 17.2. The number of benzene rings is 1. The molecule has 0 aliphatic carbocycles. The number of hydrazine groups is 2. The fourth-order valence-corrected chi connectivity index (χ4v) is 3.98. The second kappa shape index (κ2) is 11.4. The number of rotatable bonds is 9. The van der Waals surface area contributed by atoms with E-state index in [-0.39, 0.29) is 43.7 Å². The predicted octanol–water partition coefficient (Wildman–Crippen LogP) is -0.394. The summed E-state index contributed by atoms with van der Waals surface area (Å²) in [6.45, 7) is 1.23. The molecule has 2 saturated heterocycles. The third-order valence-electron chi connectivity index (χ3n) is 5.76. The van der Waals surface area contributed by atoms with Crippen LogP contribution in [0.1, 0.15) is 43.0 Å². The molecule has 0 aromatic heterocycles. The number of hydrogen-bond donors (Lipinski definition) is 2. The van der Waals surface area contributed by atoms with Crippen LogP contribution in [0.5, 0.6) is 5.75 Å². The van der Waals surface area contributed by atoms with Crippen LogP contribution in [0.15, 0.2) is 24.3 Å².